The van der Waals surface area contributed by atoms with E-state index in [2.05, 4.69) is 15.5 Å². The number of rotatable bonds is 7. The zero-order valence-corrected chi connectivity index (χ0v) is 19.3. The molecule has 2 saturated heterocycles. The standard InChI is InChI=1S/C19H30N4O3S.2ClH/c1-22-10-12-23(13-11-22)27(25,26)18-5-3-2-4-17(18)15-21-19(24)7-6-16-8-9-20-14-16;;/h2-5,16,20H,6-15H2,1H3,(H,21,24);2*1H. The van der Waals surface area contributed by atoms with Gasteiger partial charge in [-0.2, -0.15) is 4.31 Å². The molecular weight excluding hydrogens is 435 g/mol. The monoisotopic (exact) mass is 466 g/mol. The average Bonchev–Trinajstić information content (AvgIpc) is 3.19. The number of halogens is 2. The number of hydrogen-bond acceptors (Lipinski definition) is 5. The maximum absolute atomic E-state index is 13.0. The second-order valence-corrected chi connectivity index (χ2v) is 9.40. The van der Waals surface area contributed by atoms with Gasteiger partial charge in [0.2, 0.25) is 15.9 Å². The van der Waals surface area contributed by atoms with Crippen LogP contribution in [0.1, 0.15) is 24.8 Å². The summed E-state index contributed by atoms with van der Waals surface area (Å²) in [5.41, 5.74) is 0.646. The number of benzene rings is 1. The molecule has 2 aliphatic rings. The highest BCUT2D eigenvalue weighted by atomic mass is 35.5. The summed E-state index contributed by atoms with van der Waals surface area (Å²) >= 11 is 0. The smallest absolute Gasteiger partial charge is 0.243 e. The van der Waals surface area contributed by atoms with Crippen molar-refractivity contribution in [3.05, 3.63) is 29.8 Å². The lowest BCUT2D eigenvalue weighted by atomic mass is 10.0. The summed E-state index contributed by atoms with van der Waals surface area (Å²) in [6.07, 6.45) is 2.49. The number of carbonyl (C=O) groups is 1. The van der Waals surface area contributed by atoms with E-state index < -0.39 is 10.0 Å². The van der Waals surface area contributed by atoms with E-state index in [4.69, 9.17) is 0 Å². The van der Waals surface area contributed by atoms with Crippen molar-refractivity contribution >= 4 is 40.7 Å². The van der Waals surface area contributed by atoms with E-state index in [9.17, 15) is 13.2 Å². The van der Waals surface area contributed by atoms with Crippen molar-refractivity contribution in [2.45, 2.75) is 30.7 Å². The molecule has 2 N–H and O–H groups in total. The third kappa shape index (κ3) is 7.08. The molecule has 3 rings (SSSR count). The van der Waals surface area contributed by atoms with E-state index in [0.717, 1.165) is 39.0 Å². The first-order chi connectivity index (χ1) is 13.0. The Bertz CT molecular complexity index is 750. The minimum absolute atomic E-state index is 0. The highest BCUT2D eigenvalue weighted by Crippen LogP contribution is 2.21. The maximum atomic E-state index is 13.0. The van der Waals surface area contributed by atoms with Gasteiger partial charge in [-0.25, -0.2) is 8.42 Å². The third-order valence-electron chi connectivity index (χ3n) is 5.47. The van der Waals surface area contributed by atoms with Crippen molar-refractivity contribution < 1.29 is 13.2 Å². The number of nitrogens with one attached hydrogen (secondary N) is 2. The molecule has 0 saturated carbocycles. The molecule has 2 fully saturated rings. The largest absolute Gasteiger partial charge is 0.352 e. The highest BCUT2D eigenvalue weighted by molar-refractivity contribution is 7.89. The normalized spacial score (nSPS) is 20.5. The number of carbonyl (C=O) groups excluding carboxylic acids is 1. The fraction of sp³-hybridized carbons (Fsp3) is 0.632. The van der Waals surface area contributed by atoms with Gasteiger partial charge in [0.1, 0.15) is 0 Å². The minimum atomic E-state index is -3.54. The van der Waals surface area contributed by atoms with E-state index in [1.807, 2.05) is 13.1 Å². The van der Waals surface area contributed by atoms with Crippen LogP contribution < -0.4 is 10.6 Å². The SMILES string of the molecule is CN1CCN(S(=O)(=O)c2ccccc2CNC(=O)CCC2CCNC2)CC1.Cl.Cl. The molecular formula is C19H32Cl2N4O3S. The van der Waals surface area contributed by atoms with Crippen LogP contribution in [0.5, 0.6) is 0 Å². The number of sulfonamides is 1. The van der Waals surface area contributed by atoms with Crippen LogP contribution in [-0.2, 0) is 21.4 Å². The summed E-state index contributed by atoms with van der Waals surface area (Å²) in [6.45, 7) is 4.71. The van der Waals surface area contributed by atoms with Crippen LogP contribution in [0.25, 0.3) is 0 Å². The van der Waals surface area contributed by atoms with Gasteiger partial charge in [-0.1, -0.05) is 18.2 Å². The highest BCUT2D eigenvalue weighted by Gasteiger charge is 2.29. The Labute approximate surface area is 186 Å². The van der Waals surface area contributed by atoms with Crippen LogP contribution >= 0.6 is 24.8 Å². The molecule has 0 spiro atoms. The predicted octanol–water partition coefficient (Wildman–Crippen LogP) is 1.47. The van der Waals surface area contributed by atoms with Gasteiger partial charge in [0.25, 0.3) is 0 Å². The zero-order chi connectivity index (χ0) is 19.3. The quantitative estimate of drug-likeness (QED) is 0.635. The Morgan fingerprint density at radius 2 is 1.86 bits per heavy atom. The Hall–Kier alpha value is -0.900. The number of piperazine rings is 1. The van der Waals surface area contributed by atoms with E-state index in [-0.39, 0.29) is 37.3 Å². The lowest BCUT2D eigenvalue weighted by Gasteiger charge is -2.32. The van der Waals surface area contributed by atoms with Gasteiger partial charge in [0, 0.05) is 39.1 Å². The van der Waals surface area contributed by atoms with Crippen LogP contribution in [0.4, 0.5) is 0 Å². The second kappa shape index (κ2) is 12.1. The third-order valence-corrected chi connectivity index (χ3v) is 7.47. The Kier molecular flexibility index (Phi) is 10.9. The Morgan fingerprint density at radius 3 is 2.52 bits per heavy atom. The maximum Gasteiger partial charge on any atom is 0.243 e. The molecule has 0 aliphatic carbocycles. The summed E-state index contributed by atoms with van der Waals surface area (Å²) < 4.78 is 27.6. The van der Waals surface area contributed by atoms with Gasteiger partial charge in [-0.3, -0.25) is 4.79 Å². The molecule has 29 heavy (non-hydrogen) atoms. The Balaban J connectivity index is 0.00000210. The summed E-state index contributed by atoms with van der Waals surface area (Å²) in [5, 5.41) is 6.20. The zero-order valence-electron chi connectivity index (χ0n) is 16.8. The molecule has 1 unspecified atom stereocenters. The van der Waals surface area contributed by atoms with Gasteiger partial charge in [-0.15, -0.1) is 24.8 Å². The van der Waals surface area contributed by atoms with Crippen LogP contribution in [0.15, 0.2) is 29.2 Å². The molecule has 7 nitrogen and oxygen atoms in total. The lowest BCUT2D eigenvalue weighted by molar-refractivity contribution is -0.121. The summed E-state index contributed by atoms with van der Waals surface area (Å²) in [4.78, 5) is 14.6. The van der Waals surface area contributed by atoms with Gasteiger partial charge in [-0.05, 0) is 50.5 Å². The minimum Gasteiger partial charge on any atom is -0.352 e. The van der Waals surface area contributed by atoms with Crippen LogP contribution in [0.2, 0.25) is 0 Å². The van der Waals surface area contributed by atoms with Crippen molar-refractivity contribution in [1.82, 2.24) is 19.8 Å². The van der Waals surface area contributed by atoms with Crippen LogP contribution in [0, 0.1) is 5.92 Å². The molecule has 10 heteroatoms. The topological polar surface area (TPSA) is 81.8 Å². The van der Waals surface area contributed by atoms with Gasteiger partial charge >= 0.3 is 0 Å². The van der Waals surface area contributed by atoms with Crippen molar-refractivity contribution in [3.63, 3.8) is 0 Å². The molecule has 1 amide bonds. The van der Waals surface area contributed by atoms with Crippen molar-refractivity contribution in [2.75, 3.05) is 46.3 Å². The molecule has 166 valence electrons. The number of nitrogens with zero attached hydrogens (tertiary/aromatic N) is 2. The first-order valence-electron chi connectivity index (χ1n) is 9.71. The van der Waals surface area contributed by atoms with Crippen molar-refractivity contribution in [2.24, 2.45) is 5.92 Å². The summed E-state index contributed by atoms with van der Waals surface area (Å²) in [5.74, 6) is 0.550. The van der Waals surface area contributed by atoms with E-state index >= 15 is 0 Å². The van der Waals surface area contributed by atoms with E-state index in [1.165, 1.54) is 0 Å². The summed E-state index contributed by atoms with van der Waals surface area (Å²) in [6, 6.07) is 6.97. The van der Waals surface area contributed by atoms with Crippen molar-refractivity contribution in [1.29, 1.82) is 0 Å². The first kappa shape index (κ1) is 26.1. The molecule has 0 aromatic heterocycles. The van der Waals surface area contributed by atoms with Crippen molar-refractivity contribution in [3.8, 4) is 0 Å². The van der Waals surface area contributed by atoms with E-state index in [0.29, 0.717) is 35.9 Å². The summed E-state index contributed by atoms with van der Waals surface area (Å²) in [7, 11) is -1.55. The van der Waals surface area contributed by atoms with E-state index in [1.54, 1.807) is 22.5 Å². The van der Waals surface area contributed by atoms with Crippen LogP contribution in [-0.4, -0.2) is 69.8 Å². The fourth-order valence-corrected chi connectivity index (χ4v) is 5.29. The molecule has 1 aromatic carbocycles. The lowest BCUT2D eigenvalue weighted by Crippen LogP contribution is -2.47. The van der Waals surface area contributed by atoms with Gasteiger partial charge in [0.15, 0.2) is 0 Å². The second-order valence-electron chi connectivity index (χ2n) is 7.49. The van der Waals surface area contributed by atoms with Gasteiger partial charge in [0.05, 0.1) is 4.90 Å². The van der Waals surface area contributed by atoms with Crippen LogP contribution in [0.3, 0.4) is 0 Å². The molecule has 0 radical (unpaired) electrons. The average molecular weight is 467 g/mol. The predicted molar refractivity (Wildman–Crippen MR) is 119 cm³/mol. The Morgan fingerprint density at radius 1 is 1.17 bits per heavy atom. The number of amides is 1. The molecule has 2 heterocycles. The first-order valence-corrected chi connectivity index (χ1v) is 11.1. The number of hydrogen-bond donors (Lipinski definition) is 2. The molecule has 1 atom stereocenters. The molecule has 0 bridgehead atoms. The molecule has 1 aromatic rings. The number of likely N-dealkylation sites (N-methyl/N-ethyl adjacent to an activating group) is 1. The van der Waals surface area contributed by atoms with Gasteiger partial charge < -0.3 is 15.5 Å². The molecule has 2 aliphatic heterocycles. The fourth-order valence-electron chi connectivity index (χ4n) is 3.65.